The van der Waals surface area contributed by atoms with Crippen LogP contribution in [0.1, 0.15) is 20.8 Å². The van der Waals surface area contributed by atoms with Gasteiger partial charge in [-0.15, -0.1) is 0 Å². The summed E-state index contributed by atoms with van der Waals surface area (Å²) in [7, 11) is 0. The van der Waals surface area contributed by atoms with E-state index in [1.165, 1.54) is 0 Å². The zero-order valence-corrected chi connectivity index (χ0v) is 6.83. The van der Waals surface area contributed by atoms with Crippen molar-refractivity contribution < 1.29 is 19.4 Å². The van der Waals surface area contributed by atoms with Gasteiger partial charge in [-0.3, -0.25) is 4.79 Å². The molecule has 3 N–H and O–H groups in total. The minimum Gasteiger partial charge on any atom is -0.465 e. The molecule has 11 heavy (non-hydrogen) atoms. The van der Waals surface area contributed by atoms with Crippen molar-refractivity contribution in [2.75, 3.05) is 0 Å². The van der Waals surface area contributed by atoms with Crippen LogP contribution in [0.5, 0.6) is 0 Å². The van der Waals surface area contributed by atoms with Crippen LogP contribution in [0.15, 0.2) is 0 Å². The summed E-state index contributed by atoms with van der Waals surface area (Å²) in [6.07, 6.45) is -1.33. The quantitative estimate of drug-likeness (QED) is 0.553. The average Bonchev–Trinajstić information content (AvgIpc) is 1.58. The SMILES string of the molecule is CC(C)(C)OC=O.NC(=O)O. The van der Waals surface area contributed by atoms with E-state index in [4.69, 9.17) is 9.90 Å². The van der Waals surface area contributed by atoms with Crippen LogP contribution < -0.4 is 5.73 Å². The molecule has 0 aliphatic carbocycles. The lowest BCUT2D eigenvalue weighted by molar-refractivity contribution is -0.138. The lowest BCUT2D eigenvalue weighted by Crippen LogP contribution is -2.17. The van der Waals surface area contributed by atoms with Crippen LogP contribution in [0, 0.1) is 0 Å². The maximum Gasteiger partial charge on any atom is 0.402 e. The highest BCUT2D eigenvalue weighted by Crippen LogP contribution is 2.02. The third-order valence-electron chi connectivity index (χ3n) is 0.402. The molecule has 0 fully saturated rings. The molecule has 0 aromatic rings. The maximum atomic E-state index is 9.60. The van der Waals surface area contributed by atoms with E-state index in [-0.39, 0.29) is 5.60 Å². The van der Waals surface area contributed by atoms with Crippen molar-refractivity contribution in [2.24, 2.45) is 5.73 Å². The van der Waals surface area contributed by atoms with Crippen molar-refractivity contribution in [3.63, 3.8) is 0 Å². The Morgan fingerprint density at radius 3 is 1.82 bits per heavy atom. The number of hydrogen-bond donors (Lipinski definition) is 2. The molecule has 0 atom stereocenters. The Bertz CT molecular complexity index is 123. The molecule has 0 aromatic heterocycles. The van der Waals surface area contributed by atoms with Gasteiger partial charge < -0.3 is 15.6 Å². The van der Waals surface area contributed by atoms with E-state index in [1.54, 1.807) is 0 Å². The summed E-state index contributed by atoms with van der Waals surface area (Å²) in [5, 5.41) is 7.19. The van der Waals surface area contributed by atoms with Gasteiger partial charge in [-0.25, -0.2) is 4.79 Å². The molecule has 0 saturated carbocycles. The number of ether oxygens (including phenoxy) is 1. The first kappa shape index (κ1) is 12.4. The number of carbonyl (C=O) groups is 2. The summed E-state index contributed by atoms with van der Waals surface area (Å²) in [5.74, 6) is 0. The summed E-state index contributed by atoms with van der Waals surface area (Å²) in [6, 6.07) is 0. The Morgan fingerprint density at radius 1 is 1.55 bits per heavy atom. The number of rotatable bonds is 1. The molecule has 1 amide bonds. The molecule has 0 aliphatic rings. The first-order chi connectivity index (χ1) is 4.79. The first-order valence-electron chi connectivity index (χ1n) is 2.89. The average molecular weight is 163 g/mol. The second kappa shape index (κ2) is 5.52. The number of carboxylic acid groups (broad SMARTS) is 1. The van der Waals surface area contributed by atoms with Crippen LogP contribution >= 0.6 is 0 Å². The number of amides is 1. The van der Waals surface area contributed by atoms with Gasteiger partial charge in [0.25, 0.3) is 6.47 Å². The van der Waals surface area contributed by atoms with Gasteiger partial charge in [0.05, 0.1) is 0 Å². The van der Waals surface area contributed by atoms with E-state index in [0.29, 0.717) is 6.47 Å². The third-order valence-corrected chi connectivity index (χ3v) is 0.402. The van der Waals surface area contributed by atoms with E-state index in [1.807, 2.05) is 20.8 Å². The molecule has 0 aliphatic heterocycles. The Hall–Kier alpha value is -1.26. The highest BCUT2D eigenvalue weighted by Gasteiger charge is 2.07. The maximum absolute atomic E-state index is 9.60. The van der Waals surface area contributed by atoms with Gasteiger partial charge in [-0.05, 0) is 20.8 Å². The molecule has 0 saturated heterocycles. The number of primary amides is 1. The predicted molar refractivity (Wildman–Crippen MR) is 39.1 cm³/mol. The van der Waals surface area contributed by atoms with Crippen LogP contribution in [-0.4, -0.2) is 23.3 Å². The Morgan fingerprint density at radius 2 is 1.82 bits per heavy atom. The topological polar surface area (TPSA) is 89.6 Å². The Labute approximate surface area is 65.1 Å². The molecular formula is C6H13NO4. The van der Waals surface area contributed by atoms with Gasteiger partial charge in [-0.2, -0.15) is 0 Å². The molecule has 0 heterocycles. The number of carbonyl (C=O) groups excluding carboxylic acids is 1. The van der Waals surface area contributed by atoms with E-state index < -0.39 is 6.09 Å². The predicted octanol–water partition coefficient (Wildman–Crippen LogP) is 0.581. The Balaban J connectivity index is 0. The van der Waals surface area contributed by atoms with Crippen LogP contribution in [0.2, 0.25) is 0 Å². The van der Waals surface area contributed by atoms with Crippen molar-refractivity contribution in [1.29, 1.82) is 0 Å². The fraction of sp³-hybridized carbons (Fsp3) is 0.667. The number of nitrogens with two attached hydrogens (primary N) is 1. The zero-order chi connectivity index (χ0) is 9.49. The summed E-state index contributed by atoms with van der Waals surface area (Å²) in [4.78, 5) is 18.4. The molecule has 66 valence electrons. The first-order valence-corrected chi connectivity index (χ1v) is 2.89. The van der Waals surface area contributed by atoms with Crippen molar-refractivity contribution in [3.05, 3.63) is 0 Å². The molecular weight excluding hydrogens is 150 g/mol. The van der Waals surface area contributed by atoms with E-state index in [9.17, 15) is 4.79 Å². The largest absolute Gasteiger partial charge is 0.465 e. The lowest BCUT2D eigenvalue weighted by atomic mass is 10.2. The normalized spacial score (nSPS) is 9.00. The Kier molecular flexibility index (Phi) is 6.23. The standard InChI is InChI=1S/C5H10O2.CH3NO2/c1-5(2,3)7-4-6;2-1(3)4/h4H,1-3H3;2H2,(H,3,4). The van der Waals surface area contributed by atoms with Gasteiger partial charge in [-0.1, -0.05) is 0 Å². The lowest BCUT2D eigenvalue weighted by Gasteiger charge is -2.14. The minimum absolute atomic E-state index is 0.318. The fourth-order valence-corrected chi connectivity index (χ4v) is 0.144. The molecule has 0 radical (unpaired) electrons. The van der Waals surface area contributed by atoms with E-state index in [2.05, 4.69) is 10.5 Å². The van der Waals surface area contributed by atoms with E-state index in [0.717, 1.165) is 0 Å². The summed E-state index contributed by atoms with van der Waals surface area (Å²) < 4.78 is 4.55. The van der Waals surface area contributed by atoms with Gasteiger partial charge >= 0.3 is 6.09 Å². The van der Waals surface area contributed by atoms with Crippen molar-refractivity contribution in [2.45, 2.75) is 26.4 Å². The summed E-state index contributed by atoms with van der Waals surface area (Å²) >= 11 is 0. The summed E-state index contributed by atoms with van der Waals surface area (Å²) in [6.45, 7) is 5.92. The minimum atomic E-state index is -1.33. The molecule has 0 rings (SSSR count). The van der Waals surface area contributed by atoms with Gasteiger partial charge in [0.15, 0.2) is 0 Å². The molecule has 5 nitrogen and oxygen atoms in total. The van der Waals surface area contributed by atoms with Crippen LogP contribution in [-0.2, 0) is 9.53 Å². The van der Waals surface area contributed by atoms with Crippen molar-refractivity contribution in [3.8, 4) is 0 Å². The third kappa shape index (κ3) is 52.9. The highest BCUT2D eigenvalue weighted by molar-refractivity contribution is 5.61. The monoisotopic (exact) mass is 163 g/mol. The smallest absolute Gasteiger partial charge is 0.402 e. The fourth-order valence-electron chi connectivity index (χ4n) is 0.144. The van der Waals surface area contributed by atoms with Gasteiger partial charge in [0.1, 0.15) is 5.60 Å². The zero-order valence-electron chi connectivity index (χ0n) is 6.83. The van der Waals surface area contributed by atoms with Crippen LogP contribution in [0.4, 0.5) is 4.79 Å². The molecule has 5 heteroatoms. The van der Waals surface area contributed by atoms with Crippen molar-refractivity contribution >= 4 is 12.6 Å². The number of hydrogen-bond acceptors (Lipinski definition) is 3. The molecule has 0 unspecified atom stereocenters. The van der Waals surface area contributed by atoms with Crippen LogP contribution in [0.3, 0.4) is 0 Å². The summed E-state index contributed by atoms with van der Waals surface area (Å²) in [5.41, 5.74) is 3.71. The van der Waals surface area contributed by atoms with Crippen molar-refractivity contribution in [1.82, 2.24) is 0 Å². The second-order valence-corrected chi connectivity index (χ2v) is 2.66. The molecule has 0 bridgehead atoms. The second-order valence-electron chi connectivity index (χ2n) is 2.66. The van der Waals surface area contributed by atoms with E-state index >= 15 is 0 Å². The molecule has 0 spiro atoms. The highest BCUT2D eigenvalue weighted by atomic mass is 16.5. The van der Waals surface area contributed by atoms with Gasteiger partial charge in [0.2, 0.25) is 0 Å². The van der Waals surface area contributed by atoms with Crippen LogP contribution in [0.25, 0.3) is 0 Å². The van der Waals surface area contributed by atoms with Gasteiger partial charge in [0, 0.05) is 0 Å². The molecule has 0 aromatic carbocycles.